The third-order valence-corrected chi connectivity index (χ3v) is 4.57. The van der Waals surface area contributed by atoms with Crippen molar-refractivity contribution in [3.63, 3.8) is 0 Å². The maximum absolute atomic E-state index is 12.3. The van der Waals surface area contributed by atoms with Gasteiger partial charge in [-0.3, -0.25) is 0 Å². The number of hydrogen-bond donors (Lipinski definition) is 0. The van der Waals surface area contributed by atoms with Gasteiger partial charge >= 0.3 is 0 Å². The van der Waals surface area contributed by atoms with E-state index in [9.17, 15) is 4.55 Å². The fourth-order valence-electron chi connectivity index (χ4n) is 1.50. The first-order valence-corrected chi connectivity index (χ1v) is 7.61. The summed E-state index contributed by atoms with van der Waals surface area (Å²) in [6.07, 6.45) is 0. The Balaban J connectivity index is 2.23. The Bertz CT molecular complexity index is 479. The molecule has 0 amide bonds. The predicted molar refractivity (Wildman–Crippen MR) is 74.9 cm³/mol. The van der Waals surface area contributed by atoms with E-state index in [1.807, 2.05) is 55.5 Å². The summed E-state index contributed by atoms with van der Waals surface area (Å²) >= 11 is 2.32. The molecule has 1 unspecified atom stereocenters. The molecule has 0 aromatic heterocycles. The summed E-state index contributed by atoms with van der Waals surface area (Å²) in [5.41, 5.74) is 2.37. The summed E-state index contributed by atoms with van der Waals surface area (Å²) in [6, 6.07) is 15.7. The van der Waals surface area contributed by atoms with Crippen LogP contribution in [0.25, 0.3) is 0 Å². The highest BCUT2D eigenvalue weighted by molar-refractivity contribution is 9.08. The second-order valence-corrected chi connectivity index (χ2v) is 5.90. The van der Waals surface area contributed by atoms with Crippen LogP contribution in [0.3, 0.4) is 0 Å². The maximum atomic E-state index is 12.3. The van der Waals surface area contributed by atoms with Crippen LogP contribution in [-0.2, 0) is 16.5 Å². The standard InChI is InChI=1S/C14H13BrOS/c1-11-2-6-13(7-3-11)17(16)14-8-4-12(10-15)5-9-14/h2-9H,10H2,1H3. The zero-order chi connectivity index (χ0) is 12.3. The minimum atomic E-state index is -1.08. The topological polar surface area (TPSA) is 23.1 Å². The third kappa shape index (κ3) is 3.12. The van der Waals surface area contributed by atoms with Crippen LogP contribution in [0.2, 0.25) is 0 Å². The van der Waals surface area contributed by atoms with E-state index in [1.165, 1.54) is 11.1 Å². The van der Waals surface area contributed by atoms with Crippen molar-refractivity contribution in [3.8, 4) is 0 Å². The first-order chi connectivity index (χ1) is 8.20. The molecule has 0 aliphatic carbocycles. The van der Waals surface area contributed by atoms with Crippen molar-refractivity contribution in [1.82, 2.24) is 0 Å². The summed E-state index contributed by atoms with van der Waals surface area (Å²) in [6.45, 7) is 2.03. The van der Waals surface area contributed by atoms with Crippen molar-refractivity contribution >= 4 is 27.1 Å². The molecule has 88 valence electrons. The third-order valence-electron chi connectivity index (χ3n) is 2.53. The summed E-state index contributed by atoms with van der Waals surface area (Å²) < 4.78 is 12.3. The van der Waals surface area contributed by atoms with Crippen LogP contribution < -0.4 is 0 Å². The Hall–Kier alpha value is -0.770. The van der Waals surface area contributed by atoms with Crippen LogP contribution in [0.4, 0.5) is 0 Å². The number of rotatable bonds is 3. The molecular formula is C14H13BrOS. The van der Waals surface area contributed by atoms with E-state index in [2.05, 4.69) is 15.9 Å². The molecule has 0 spiro atoms. The Morgan fingerprint density at radius 2 is 1.41 bits per heavy atom. The summed E-state index contributed by atoms with van der Waals surface area (Å²) in [5.74, 6) is 0. The molecule has 2 aromatic carbocycles. The molecule has 0 heterocycles. The van der Waals surface area contributed by atoms with Gasteiger partial charge in [0.2, 0.25) is 0 Å². The SMILES string of the molecule is Cc1ccc([S+]([O-])c2ccc(CBr)cc2)cc1. The fourth-order valence-corrected chi connectivity index (χ4v) is 2.91. The van der Waals surface area contributed by atoms with Gasteiger partial charge in [0.05, 0.1) is 0 Å². The molecular weight excluding hydrogens is 296 g/mol. The number of benzene rings is 2. The average Bonchev–Trinajstić information content (AvgIpc) is 2.39. The normalized spacial score (nSPS) is 12.4. The highest BCUT2D eigenvalue weighted by Crippen LogP contribution is 2.21. The lowest BCUT2D eigenvalue weighted by molar-refractivity contribution is 0.595. The number of hydrogen-bond acceptors (Lipinski definition) is 1. The molecule has 3 heteroatoms. The largest absolute Gasteiger partial charge is 0.606 e. The maximum Gasteiger partial charge on any atom is 0.158 e. The van der Waals surface area contributed by atoms with Crippen molar-refractivity contribution in [1.29, 1.82) is 0 Å². The molecule has 2 aromatic rings. The van der Waals surface area contributed by atoms with Crippen LogP contribution in [0, 0.1) is 6.92 Å². The molecule has 1 atom stereocenters. The molecule has 17 heavy (non-hydrogen) atoms. The molecule has 0 saturated heterocycles. The van der Waals surface area contributed by atoms with Gasteiger partial charge < -0.3 is 4.55 Å². The minimum Gasteiger partial charge on any atom is -0.606 e. The van der Waals surface area contributed by atoms with Gasteiger partial charge in [0.15, 0.2) is 9.79 Å². The van der Waals surface area contributed by atoms with Crippen molar-refractivity contribution in [2.75, 3.05) is 0 Å². The molecule has 2 rings (SSSR count). The van der Waals surface area contributed by atoms with E-state index < -0.39 is 11.2 Å². The first-order valence-electron chi connectivity index (χ1n) is 5.34. The average molecular weight is 309 g/mol. The lowest BCUT2D eigenvalue weighted by Crippen LogP contribution is -2.01. The lowest BCUT2D eigenvalue weighted by atomic mass is 10.2. The van der Waals surface area contributed by atoms with Crippen molar-refractivity contribution in [2.45, 2.75) is 22.0 Å². The number of alkyl halides is 1. The van der Waals surface area contributed by atoms with Crippen molar-refractivity contribution < 1.29 is 4.55 Å². The summed E-state index contributed by atoms with van der Waals surface area (Å²) in [4.78, 5) is 1.70. The second kappa shape index (κ2) is 5.71. The molecule has 0 radical (unpaired) electrons. The Kier molecular flexibility index (Phi) is 4.26. The molecule has 1 nitrogen and oxygen atoms in total. The minimum absolute atomic E-state index is 0.824. The molecule has 0 N–H and O–H groups in total. The van der Waals surface area contributed by atoms with E-state index in [0.717, 1.165) is 15.1 Å². The first kappa shape index (κ1) is 12.7. The van der Waals surface area contributed by atoms with Gasteiger partial charge in [-0.2, -0.15) is 0 Å². The van der Waals surface area contributed by atoms with Gasteiger partial charge in [-0.05, 0) is 36.8 Å². The lowest BCUT2D eigenvalue weighted by Gasteiger charge is -2.10. The van der Waals surface area contributed by atoms with Crippen LogP contribution in [0.15, 0.2) is 58.3 Å². The van der Waals surface area contributed by atoms with Gasteiger partial charge in [0, 0.05) is 16.5 Å². The Morgan fingerprint density at radius 1 is 0.941 bits per heavy atom. The fraction of sp³-hybridized carbons (Fsp3) is 0.143. The van der Waals surface area contributed by atoms with Crippen molar-refractivity contribution in [3.05, 3.63) is 59.7 Å². The van der Waals surface area contributed by atoms with Gasteiger partial charge in [0.25, 0.3) is 0 Å². The van der Waals surface area contributed by atoms with E-state index in [1.54, 1.807) is 0 Å². The molecule has 0 saturated carbocycles. The Morgan fingerprint density at radius 3 is 1.88 bits per heavy atom. The quantitative estimate of drug-likeness (QED) is 0.619. The Labute approximate surface area is 113 Å². The van der Waals surface area contributed by atoms with Crippen LogP contribution in [-0.4, -0.2) is 4.55 Å². The molecule has 0 fully saturated rings. The van der Waals surface area contributed by atoms with E-state index in [4.69, 9.17) is 0 Å². The molecule has 0 bridgehead atoms. The van der Waals surface area contributed by atoms with E-state index in [-0.39, 0.29) is 0 Å². The van der Waals surface area contributed by atoms with Gasteiger partial charge in [-0.25, -0.2) is 0 Å². The summed E-state index contributed by atoms with van der Waals surface area (Å²) in [5, 5.41) is 0.824. The van der Waals surface area contributed by atoms with E-state index >= 15 is 0 Å². The van der Waals surface area contributed by atoms with Crippen LogP contribution in [0.5, 0.6) is 0 Å². The molecule has 0 aliphatic rings. The van der Waals surface area contributed by atoms with Crippen LogP contribution >= 0.6 is 15.9 Å². The van der Waals surface area contributed by atoms with Gasteiger partial charge in [-0.1, -0.05) is 45.8 Å². The molecule has 0 aliphatic heterocycles. The predicted octanol–water partition coefficient (Wildman–Crippen LogP) is 4.06. The zero-order valence-corrected chi connectivity index (χ0v) is 11.9. The van der Waals surface area contributed by atoms with Gasteiger partial charge in [-0.15, -0.1) is 0 Å². The smallest absolute Gasteiger partial charge is 0.158 e. The van der Waals surface area contributed by atoms with E-state index in [0.29, 0.717) is 0 Å². The highest BCUT2D eigenvalue weighted by atomic mass is 79.9. The van der Waals surface area contributed by atoms with Crippen molar-refractivity contribution in [2.24, 2.45) is 0 Å². The summed E-state index contributed by atoms with van der Waals surface area (Å²) in [7, 11) is 0. The second-order valence-electron chi connectivity index (χ2n) is 3.86. The van der Waals surface area contributed by atoms with Crippen LogP contribution in [0.1, 0.15) is 11.1 Å². The zero-order valence-electron chi connectivity index (χ0n) is 9.52. The highest BCUT2D eigenvalue weighted by Gasteiger charge is 2.13. The number of halogens is 1. The van der Waals surface area contributed by atoms with Gasteiger partial charge in [0.1, 0.15) is 0 Å². The number of aryl methyl sites for hydroxylation is 1. The monoisotopic (exact) mass is 308 g/mol.